The Kier molecular flexibility index (Phi) is 5.80. The van der Waals surface area contributed by atoms with Crippen LogP contribution in [-0.4, -0.2) is 27.6 Å². The zero-order valence-electron chi connectivity index (χ0n) is 12.7. The van der Waals surface area contributed by atoms with Crippen molar-refractivity contribution in [3.63, 3.8) is 0 Å². The van der Waals surface area contributed by atoms with Gasteiger partial charge in [0.1, 0.15) is 28.3 Å². The first-order valence-electron chi connectivity index (χ1n) is 7.04. The van der Waals surface area contributed by atoms with Crippen LogP contribution in [0, 0.1) is 6.92 Å². The number of pyridine rings is 1. The summed E-state index contributed by atoms with van der Waals surface area (Å²) in [5, 5.41) is 4.27. The summed E-state index contributed by atoms with van der Waals surface area (Å²) in [6, 6.07) is 3.47. The van der Waals surface area contributed by atoms with E-state index in [2.05, 4.69) is 20.3 Å². The molecular weight excluding hydrogens is 323 g/mol. The second-order valence-electron chi connectivity index (χ2n) is 4.88. The molecule has 1 unspecified atom stereocenters. The van der Waals surface area contributed by atoms with Gasteiger partial charge in [0.25, 0.3) is 0 Å². The molecule has 0 aliphatic heterocycles. The molecule has 118 valence electrons. The van der Waals surface area contributed by atoms with Gasteiger partial charge in [-0.15, -0.1) is 0 Å². The molecule has 0 saturated heterocycles. The Morgan fingerprint density at radius 3 is 2.77 bits per heavy atom. The van der Waals surface area contributed by atoms with Crippen molar-refractivity contribution in [3.8, 4) is 5.88 Å². The molecule has 5 nitrogen and oxygen atoms in total. The highest BCUT2D eigenvalue weighted by molar-refractivity contribution is 6.33. The van der Waals surface area contributed by atoms with Crippen molar-refractivity contribution in [1.29, 1.82) is 0 Å². The molecule has 2 aromatic rings. The summed E-state index contributed by atoms with van der Waals surface area (Å²) < 4.78 is 5.61. The largest absolute Gasteiger partial charge is 0.474 e. The van der Waals surface area contributed by atoms with Crippen LogP contribution < -0.4 is 10.1 Å². The first-order valence-corrected chi connectivity index (χ1v) is 7.79. The SMILES string of the molecule is CCc1nc(C)nc(NC(C)COc2ncccc2Cl)c1Cl. The Balaban J connectivity index is 2.02. The molecule has 0 saturated carbocycles. The van der Waals surface area contributed by atoms with Crippen LogP contribution in [-0.2, 0) is 6.42 Å². The van der Waals surface area contributed by atoms with Gasteiger partial charge in [-0.05, 0) is 32.4 Å². The van der Waals surface area contributed by atoms with Gasteiger partial charge in [-0.3, -0.25) is 0 Å². The minimum absolute atomic E-state index is 0.0189. The number of nitrogens with zero attached hydrogens (tertiary/aromatic N) is 3. The fourth-order valence-electron chi connectivity index (χ4n) is 1.90. The van der Waals surface area contributed by atoms with E-state index in [1.807, 2.05) is 20.8 Å². The number of hydrogen-bond donors (Lipinski definition) is 1. The predicted octanol–water partition coefficient (Wildman–Crippen LogP) is 3.93. The van der Waals surface area contributed by atoms with Crippen LogP contribution >= 0.6 is 23.2 Å². The van der Waals surface area contributed by atoms with E-state index in [1.165, 1.54) is 0 Å². The van der Waals surface area contributed by atoms with Crippen LogP contribution in [0.15, 0.2) is 18.3 Å². The van der Waals surface area contributed by atoms with Gasteiger partial charge in [-0.25, -0.2) is 15.0 Å². The van der Waals surface area contributed by atoms with Crippen molar-refractivity contribution in [1.82, 2.24) is 15.0 Å². The molecule has 0 radical (unpaired) electrons. The fraction of sp³-hybridized carbons (Fsp3) is 0.400. The van der Waals surface area contributed by atoms with Gasteiger partial charge in [0.05, 0.1) is 11.7 Å². The Labute approximate surface area is 140 Å². The normalized spacial score (nSPS) is 12.0. The van der Waals surface area contributed by atoms with E-state index in [0.29, 0.717) is 34.2 Å². The van der Waals surface area contributed by atoms with Crippen molar-refractivity contribution in [2.24, 2.45) is 0 Å². The highest BCUT2D eigenvalue weighted by atomic mass is 35.5. The molecule has 1 N–H and O–H groups in total. The first-order chi connectivity index (χ1) is 10.5. The summed E-state index contributed by atoms with van der Waals surface area (Å²) in [4.78, 5) is 12.7. The average Bonchev–Trinajstić information content (AvgIpc) is 2.49. The number of ether oxygens (including phenoxy) is 1. The Bertz CT molecular complexity index is 651. The molecule has 2 heterocycles. The molecule has 0 bridgehead atoms. The molecule has 0 fully saturated rings. The lowest BCUT2D eigenvalue weighted by Crippen LogP contribution is -2.25. The molecule has 0 amide bonds. The third kappa shape index (κ3) is 4.21. The molecule has 2 rings (SSSR count). The summed E-state index contributed by atoms with van der Waals surface area (Å²) in [5.74, 6) is 1.72. The van der Waals surface area contributed by atoms with Gasteiger partial charge >= 0.3 is 0 Å². The van der Waals surface area contributed by atoms with Gasteiger partial charge in [-0.2, -0.15) is 0 Å². The maximum Gasteiger partial charge on any atom is 0.232 e. The fourth-order valence-corrected chi connectivity index (χ4v) is 2.35. The third-order valence-corrected chi connectivity index (χ3v) is 3.63. The summed E-state index contributed by atoms with van der Waals surface area (Å²) in [6.07, 6.45) is 2.39. The summed E-state index contributed by atoms with van der Waals surface area (Å²) >= 11 is 12.3. The number of nitrogens with one attached hydrogen (secondary N) is 1. The third-order valence-electron chi connectivity index (χ3n) is 2.94. The van der Waals surface area contributed by atoms with Crippen molar-refractivity contribution in [2.75, 3.05) is 11.9 Å². The number of aryl methyl sites for hydroxylation is 2. The molecule has 2 aromatic heterocycles. The lowest BCUT2D eigenvalue weighted by Gasteiger charge is -2.17. The lowest BCUT2D eigenvalue weighted by molar-refractivity contribution is 0.292. The van der Waals surface area contributed by atoms with E-state index in [1.54, 1.807) is 18.3 Å². The Hall–Kier alpha value is -1.59. The standard InChI is InChI=1S/C15H18Cl2N4O/c1-4-12-13(17)14(21-10(3)20-12)19-9(2)8-22-15-11(16)6-5-7-18-15/h5-7,9H,4,8H2,1-3H3,(H,19,20,21). The summed E-state index contributed by atoms with van der Waals surface area (Å²) in [7, 11) is 0. The molecular formula is C15H18Cl2N4O. The monoisotopic (exact) mass is 340 g/mol. The Morgan fingerprint density at radius 2 is 2.09 bits per heavy atom. The molecule has 1 atom stereocenters. The number of aromatic nitrogens is 3. The van der Waals surface area contributed by atoms with Crippen LogP contribution in [0.2, 0.25) is 10.0 Å². The van der Waals surface area contributed by atoms with Crippen LogP contribution in [0.3, 0.4) is 0 Å². The van der Waals surface area contributed by atoms with E-state index in [4.69, 9.17) is 27.9 Å². The maximum absolute atomic E-state index is 6.31. The quantitative estimate of drug-likeness (QED) is 0.863. The highest BCUT2D eigenvalue weighted by Crippen LogP contribution is 2.24. The van der Waals surface area contributed by atoms with Gasteiger partial charge in [-0.1, -0.05) is 30.1 Å². The van der Waals surface area contributed by atoms with E-state index >= 15 is 0 Å². The second kappa shape index (κ2) is 7.61. The predicted molar refractivity (Wildman–Crippen MR) is 89.0 cm³/mol. The highest BCUT2D eigenvalue weighted by Gasteiger charge is 2.13. The smallest absolute Gasteiger partial charge is 0.232 e. The summed E-state index contributed by atoms with van der Waals surface area (Å²) in [6.45, 7) is 6.20. The van der Waals surface area contributed by atoms with Crippen LogP contribution in [0.4, 0.5) is 5.82 Å². The number of rotatable bonds is 6. The van der Waals surface area contributed by atoms with E-state index in [0.717, 1.165) is 12.1 Å². The number of halogens is 2. The van der Waals surface area contributed by atoms with E-state index < -0.39 is 0 Å². The average molecular weight is 341 g/mol. The molecule has 22 heavy (non-hydrogen) atoms. The van der Waals surface area contributed by atoms with Crippen molar-refractivity contribution in [2.45, 2.75) is 33.2 Å². The van der Waals surface area contributed by atoms with Crippen LogP contribution in [0.25, 0.3) is 0 Å². The van der Waals surface area contributed by atoms with Gasteiger partial charge < -0.3 is 10.1 Å². The molecule has 7 heteroatoms. The lowest BCUT2D eigenvalue weighted by atomic mass is 10.3. The number of anilines is 1. The van der Waals surface area contributed by atoms with Crippen molar-refractivity contribution in [3.05, 3.63) is 39.9 Å². The van der Waals surface area contributed by atoms with Gasteiger partial charge in [0, 0.05) is 6.20 Å². The minimum atomic E-state index is -0.0189. The number of hydrogen-bond acceptors (Lipinski definition) is 5. The summed E-state index contributed by atoms with van der Waals surface area (Å²) in [5.41, 5.74) is 0.831. The van der Waals surface area contributed by atoms with Crippen molar-refractivity contribution < 1.29 is 4.74 Å². The van der Waals surface area contributed by atoms with Crippen LogP contribution in [0.1, 0.15) is 25.4 Å². The molecule has 0 aromatic carbocycles. The first kappa shape index (κ1) is 16.8. The van der Waals surface area contributed by atoms with Gasteiger partial charge in [0.15, 0.2) is 0 Å². The second-order valence-corrected chi connectivity index (χ2v) is 5.67. The molecule has 0 spiro atoms. The van der Waals surface area contributed by atoms with E-state index in [9.17, 15) is 0 Å². The zero-order chi connectivity index (χ0) is 16.1. The maximum atomic E-state index is 6.31. The topological polar surface area (TPSA) is 59.9 Å². The van der Waals surface area contributed by atoms with Gasteiger partial charge in [0.2, 0.25) is 5.88 Å². The zero-order valence-corrected chi connectivity index (χ0v) is 14.2. The Morgan fingerprint density at radius 1 is 1.32 bits per heavy atom. The minimum Gasteiger partial charge on any atom is -0.474 e. The van der Waals surface area contributed by atoms with Crippen LogP contribution in [0.5, 0.6) is 5.88 Å². The molecule has 0 aliphatic carbocycles. The van der Waals surface area contributed by atoms with Crippen molar-refractivity contribution >= 4 is 29.0 Å². The van der Waals surface area contributed by atoms with E-state index in [-0.39, 0.29) is 6.04 Å². The molecule has 0 aliphatic rings.